The molecule has 5 nitrogen and oxygen atoms in total. The number of hydrogen-bond donors (Lipinski definition) is 0. The van der Waals surface area contributed by atoms with Gasteiger partial charge in [-0.3, -0.25) is 4.79 Å². The zero-order valence-corrected chi connectivity index (χ0v) is 12.8. The van der Waals surface area contributed by atoms with Crippen LogP contribution in [0.2, 0.25) is 0 Å². The second kappa shape index (κ2) is 6.41. The van der Waals surface area contributed by atoms with Crippen LogP contribution in [0.15, 0.2) is 12.4 Å². The van der Waals surface area contributed by atoms with Crippen molar-refractivity contribution in [3.8, 4) is 0 Å². The Kier molecular flexibility index (Phi) is 4.36. The predicted octanol–water partition coefficient (Wildman–Crippen LogP) is 2.34. The molecular weight excluding hydrogens is 264 g/mol. The first kappa shape index (κ1) is 14.3. The van der Waals surface area contributed by atoms with Crippen LogP contribution in [0, 0.1) is 5.92 Å². The molecule has 5 heteroatoms. The highest BCUT2D eigenvalue weighted by Gasteiger charge is 2.23. The van der Waals surface area contributed by atoms with E-state index in [0.717, 1.165) is 38.5 Å². The number of amides is 1. The van der Waals surface area contributed by atoms with Gasteiger partial charge in [0.15, 0.2) is 0 Å². The minimum atomic E-state index is 0.0757. The van der Waals surface area contributed by atoms with Gasteiger partial charge in [0, 0.05) is 38.6 Å². The maximum atomic E-state index is 12.5. The first-order chi connectivity index (χ1) is 10.2. The summed E-state index contributed by atoms with van der Waals surface area (Å²) in [4.78, 5) is 25.4. The zero-order valence-electron chi connectivity index (χ0n) is 12.8. The molecule has 0 spiro atoms. The van der Waals surface area contributed by atoms with Crippen LogP contribution in [-0.2, 0) is 0 Å². The van der Waals surface area contributed by atoms with Crippen LogP contribution in [0.25, 0.3) is 0 Å². The Labute approximate surface area is 126 Å². The molecule has 2 saturated heterocycles. The summed E-state index contributed by atoms with van der Waals surface area (Å²) in [6.45, 7) is 5.97. The summed E-state index contributed by atoms with van der Waals surface area (Å²) >= 11 is 0. The van der Waals surface area contributed by atoms with Gasteiger partial charge in [-0.2, -0.15) is 0 Å². The Morgan fingerprint density at radius 3 is 2.48 bits per heavy atom. The number of carbonyl (C=O) groups excluding carboxylic acids is 1. The molecule has 0 radical (unpaired) electrons. The smallest absolute Gasteiger partial charge is 0.257 e. The zero-order chi connectivity index (χ0) is 14.7. The van der Waals surface area contributed by atoms with Gasteiger partial charge >= 0.3 is 0 Å². The fourth-order valence-electron chi connectivity index (χ4n) is 3.25. The molecule has 1 aromatic heterocycles. The molecule has 0 aliphatic carbocycles. The molecule has 2 aliphatic heterocycles. The van der Waals surface area contributed by atoms with Crippen LogP contribution in [0.1, 0.15) is 49.4 Å². The van der Waals surface area contributed by atoms with E-state index in [4.69, 9.17) is 0 Å². The van der Waals surface area contributed by atoms with Crippen LogP contribution >= 0.6 is 0 Å². The fraction of sp³-hybridized carbons (Fsp3) is 0.688. The molecule has 0 bridgehead atoms. The quantitative estimate of drug-likeness (QED) is 0.838. The van der Waals surface area contributed by atoms with Crippen molar-refractivity contribution >= 4 is 11.9 Å². The summed E-state index contributed by atoms with van der Waals surface area (Å²) in [5.74, 6) is 1.43. The van der Waals surface area contributed by atoms with Gasteiger partial charge in [0.05, 0.1) is 5.56 Å². The summed E-state index contributed by atoms with van der Waals surface area (Å²) in [7, 11) is 0. The largest absolute Gasteiger partial charge is 0.341 e. The van der Waals surface area contributed by atoms with E-state index < -0.39 is 0 Å². The van der Waals surface area contributed by atoms with Gasteiger partial charge in [-0.15, -0.1) is 0 Å². The molecule has 1 unspecified atom stereocenters. The van der Waals surface area contributed by atoms with Crippen molar-refractivity contribution in [3.05, 3.63) is 18.0 Å². The Morgan fingerprint density at radius 1 is 1.10 bits per heavy atom. The SMILES string of the molecule is CC1CCCN(C(=O)c2cnc(N3CCCCC3)nc2)C1. The average Bonchev–Trinajstić information content (AvgIpc) is 2.55. The summed E-state index contributed by atoms with van der Waals surface area (Å²) in [6.07, 6.45) is 9.40. The number of piperidine rings is 2. The summed E-state index contributed by atoms with van der Waals surface area (Å²) < 4.78 is 0. The molecule has 1 atom stereocenters. The average molecular weight is 288 g/mol. The lowest BCUT2D eigenvalue weighted by molar-refractivity contribution is 0.0682. The summed E-state index contributed by atoms with van der Waals surface area (Å²) in [5.41, 5.74) is 0.616. The van der Waals surface area contributed by atoms with Crippen molar-refractivity contribution in [2.24, 2.45) is 5.92 Å². The lowest BCUT2D eigenvalue weighted by Gasteiger charge is -2.31. The van der Waals surface area contributed by atoms with E-state index in [1.165, 1.54) is 25.7 Å². The van der Waals surface area contributed by atoms with Gasteiger partial charge in [0.2, 0.25) is 5.95 Å². The molecule has 21 heavy (non-hydrogen) atoms. The molecule has 1 aromatic rings. The van der Waals surface area contributed by atoms with E-state index in [-0.39, 0.29) is 5.91 Å². The van der Waals surface area contributed by atoms with Gasteiger partial charge < -0.3 is 9.80 Å². The van der Waals surface area contributed by atoms with Crippen LogP contribution in [-0.4, -0.2) is 47.0 Å². The van der Waals surface area contributed by atoms with Gasteiger partial charge in [0.1, 0.15) is 0 Å². The number of anilines is 1. The minimum absolute atomic E-state index is 0.0757. The van der Waals surface area contributed by atoms with Gasteiger partial charge in [-0.05, 0) is 38.0 Å². The van der Waals surface area contributed by atoms with E-state index in [1.807, 2.05) is 4.90 Å². The van der Waals surface area contributed by atoms with E-state index in [0.29, 0.717) is 11.5 Å². The normalized spacial score (nSPS) is 23.2. The van der Waals surface area contributed by atoms with E-state index >= 15 is 0 Å². The van der Waals surface area contributed by atoms with Gasteiger partial charge in [0.25, 0.3) is 5.91 Å². The van der Waals surface area contributed by atoms with E-state index in [9.17, 15) is 4.79 Å². The molecule has 0 saturated carbocycles. The molecule has 1 amide bonds. The topological polar surface area (TPSA) is 49.3 Å². The van der Waals surface area contributed by atoms with Crippen molar-refractivity contribution in [1.82, 2.24) is 14.9 Å². The maximum Gasteiger partial charge on any atom is 0.257 e. The van der Waals surface area contributed by atoms with Crippen molar-refractivity contribution in [1.29, 1.82) is 0 Å². The highest BCUT2D eigenvalue weighted by atomic mass is 16.2. The van der Waals surface area contributed by atoms with E-state index in [2.05, 4.69) is 21.8 Å². The Morgan fingerprint density at radius 2 is 1.81 bits per heavy atom. The molecule has 0 N–H and O–H groups in total. The molecule has 0 aromatic carbocycles. The molecule has 2 fully saturated rings. The second-order valence-electron chi connectivity index (χ2n) is 6.32. The number of rotatable bonds is 2. The molecule has 3 rings (SSSR count). The van der Waals surface area contributed by atoms with Crippen LogP contribution in [0.3, 0.4) is 0 Å². The fourth-order valence-corrected chi connectivity index (χ4v) is 3.25. The van der Waals surface area contributed by atoms with Crippen molar-refractivity contribution in [3.63, 3.8) is 0 Å². The highest BCUT2D eigenvalue weighted by molar-refractivity contribution is 5.93. The van der Waals surface area contributed by atoms with Gasteiger partial charge in [-0.1, -0.05) is 6.92 Å². The molecular formula is C16H24N4O. The minimum Gasteiger partial charge on any atom is -0.341 e. The number of nitrogens with zero attached hydrogens (tertiary/aromatic N) is 4. The Balaban J connectivity index is 1.67. The third-order valence-corrected chi connectivity index (χ3v) is 4.47. The number of likely N-dealkylation sites (tertiary alicyclic amines) is 1. The monoisotopic (exact) mass is 288 g/mol. The third kappa shape index (κ3) is 3.34. The van der Waals surface area contributed by atoms with Crippen LogP contribution < -0.4 is 4.90 Å². The predicted molar refractivity (Wildman–Crippen MR) is 82.4 cm³/mol. The standard InChI is InChI=1S/C16H24N4O/c1-13-6-5-9-20(12-13)15(21)14-10-17-16(18-11-14)19-7-3-2-4-8-19/h10-11,13H,2-9,12H2,1H3. The first-order valence-electron chi connectivity index (χ1n) is 8.10. The Hall–Kier alpha value is -1.65. The molecule has 114 valence electrons. The van der Waals surface area contributed by atoms with Crippen LogP contribution in [0.4, 0.5) is 5.95 Å². The molecule has 2 aliphatic rings. The number of aromatic nitrogens is 2. The van der Waals surface area contributed by atoms with Crippen molar-refractivity contribution in [2.75, 3.05) is 31.1 Å². The van der Waals surface area contributed by atoms with Crippen molar-refractivity contribution in [2.45, 2.75) is 39.0 Å². The highest BCUT2D eigenvalue weighted by Crippen LogP contribution is 2.19. The van der Waals surface area contributed by atoms with Crippen LogP contribution in [0.5, 0.6) is 0 Å². The third-order valence-electron chi connectivity index (χ3n) is 4.47. The summed E-state index contributed by atoms with van der Waals surface area (Å²) in [6, 6.07) is 0. The first-order valence-corrected chi connectivity index (χ1v) is 8.10. The number of carbonyl (C=O) groups is 1. The number of hydrogen-bond acceptors (Lipinski definition) is 4. The molecule has 3 heterocycles. The van der Waals surface area contributed by atoms with E-state index in [1.54, 1.807) is 12.4 Å². The lowest BCUT2D eigenvalue weighted by Crippen LogP contribution is -2.39. The summed E-state index contributed by atoms with van der Waals surface area (Å²) in [5, 5.41) is 0. The maximum absolute atomic E-state index is 12.5. The van der Waals surface area contributed by atoms with Crippen molar-refractivity contribution < 1.29 is 4.79 Å². The Bertz CT molecular complexity index is 482. The lowest BCUT2D eigenvalue weighted by atomic mass is 10.00. The second-order valence-corrected chi connectivity index (χ2v) is 6.32. The van der Waals surface area contributed by atoms with Gasteiger partial charge in [-0.25, -0.2) is 9.97 Å².